The molecule has 4 heteroatoms. The zero-order chi connectivity index (χ0) is 12.9. The number of ether oxygens (including phenoxy) is 1. The Hall–Kier alpha value is -0.770. The molecule has 0 saturated heterocycles. The topological polar surface area (TPSA) is 50.4 Å². The normalized spacial score (nSPS) is 25.4. The smallest absolute Gasteiger partial charge is 0.407 e. The van der Waals surface area contributed by atoms with Gasteiger partial charge in [0.1, 0.15) is 5.60 Å². The number of likely N-dealkylation sites (N-methyl/N-ethyl adjacent to an activating group) is 1. The number of alkyl carbamates (subject to hydrolysis) is 1. The maximum absolute atomic E-state index is 11.7. The van der Waals surface area contributed by atoms with Crippen LogP contribution < -0.4 is 10.6 Å². The molecule has 100 valence electrons. The summed E-state index contributed by atoms with van der Waals surface area (Å²) in [5.41, 5.74) is -0.424. The van der Waals surface area contributed by atoms with Crippen molar-refractivity contribution in [3.63, 3.8) is 0 Å². The summed E-state index contributed by atoms with van der Waals surface area (Å²) in [4.78, 5) is 11.7. The molecular weight excluding hydrogens is 216 g/mol. The maximum atomic E-state index is 11.7. The lowest BCUT2D eigenvalue weighted by Gasteiger charge is -2.33. The van der Waals surface area contributed by atoms with Gasteiger partial charge in [0, 0.05) is 12.1 Å². The molecule has 1 amide bonds. The van der Waals surface area contributed by atoms with Crippen LogP contribution in [0.25, 0.3) is 0 Å². The molecule has 0 aliphatic heterocycles. The first kappa shape index (κ1) is 14.3. The van der Waals surface area contributed by atoms with Crippen LogP contribution in [0.1, 0.15) is 53.4 Å². The Morgan fingerprint density at radius 3 is 2.35 bits per heavy atom. The third kappa shape index (κ3) is 5.39. The van der Waals surface area contributed by atoms with Crippen LogP contribution in [0.4, 0.5) is 4.79 Å². The fraction of sp³-hybridized carbons (Fsp3) is 0.923. The van der Waals surface area contributed by atoms with Gasteiger partial charge >= 0.3 is 6.09 Å². The average molecular weight is 242 g/mol. The van der Waals surface area contributed by atoms with Gasteiger partial charge in [-0.3, -0.25) is 0 Å². The summed E-state index contributed by atoms with van der Waals surface area (Å²) >= 11 is 0. The van der Waals surface area contributed by atoms with Crippen LogP contribution in [-0.4, -0.2) is 30.3 Å². The van der Waals surface area contributed by atoms with Crippen molar-refractivity contribution in [1.29, 1.82) is 0 Å². The average Bonchev–Trinajstić information content (AvgIpc) is 2.18. The second-order valence-electron chi connectivity index (χ2n) is 5.70. The SMILES string of the molecule is CCN[C@H]1CCCC[C@@H]1NC(=O)OC(C)(C)C. The molecule has 0 aromatic heterocycles. The van der Waals surface area contributed by atoms with Gasteiger partial charge in [-0.05, 0) is 40.2 Å². The van der Waals surface area contributed by atoms with Crippen molar-refractivity contribution in [3.8, 4) is 0 Å². The summed E-state index contributed by atoms with van der Waals surface area (Å²) in [6, 6.07) is 0.597. The van der Waals surface area contributed by atoms with E-state index in [0.717, 1.165) is 19.4 Å². The van der Waals surface area contributed by atoms with Gasteiger partial charge in [-0.15, -0.1) is 0 Å². The Morgan fingerprint density at radius 2 is 1.82 bits per heavy atom. The van der Waals surface area contributed by atoms with E-state index in [-0.39, 0.29) is 12.1 Å². The third-order valence-electron chi connectivity index (χ3n) is 2.93. The molecule has 17 heavy (non-hydrogen) atoms. The zero-order valence-corrected chi connectivity index (χ0v) is 11.5. The number of carbonyl (C=O) groups excluding carboxylic acids is 1. The van der Waals surface area contributed by atoms with Gasteiger partial charge in [0.15, 0.2) is 0 Å². The lowest BCUT2D eigenvalue weighted by atomic mass is 9.90. The quantitative estimate of drug-likeness (QED) is 0.799. The van der Waals surface area contributed by atoms with Gasteiger partial charge in [-0.25, -0.2) is 4.79 Å². The first-order valence-corrected chi connectivity index (χ1v) is 6.65. The van der Waals surface area contributed by atoms with Gasteiger partial charge in [0.2, 0.25) is 0 Å². The second-order valence-corrected chi connectivity index (χ2v) is 5.70. The van der Waals surface area contributed by atoms with Crippen LogP contribution >= 0.6 is 0 Å². The first-order chi connectivity index (χ1) is 7.92. The lowest BCUT2D eigenvalue weighted by molar-refractivity contribution is 0.0480. The molecule has 0 aromatic carbocycles. The molecule has 0 aromatic rings. The molecule has 0 heterocycles. The zero-order valence-electron chi connectivity index (χ0n) is 11.5. The monoisotopic (exact) mass is 242 g/mol. The minimum atomic E-state index is -0.424. The Balaban J connectivity index is 2.44. The Kier molecular flexibility index (Phi) is 5.25. The van der Waals surface area contributed by atoms with E-state index in [1.165, 1.54) is 12.8 Å². The predicted octanol–water partition coefficient (Wildman–Crippen LogP) is 2.43. The highest BCUT2D eigenvalue weighted by atomic mass is 16.6. The number of amides is 1. The number of hydrogen-bond acceptors (Lipinski definition) is 3. The van der Waals surface area contributed by atoms with Crippen molar-refractivity contribution < 1.29 is 9.53 Å². The van der Waals surface area contributed by atoms with Crippen LogP contribution in [0.5, 0.6) is 0 Å². The molecule has 1 aliphatic rings. The molecule has 0 unspecified atom stereocenters. The highest BCUT2D eigenvalue weighted by Gasteiger charge is 2.27. The number of hydrogen-bond donors (Lipinski definition) is 2. The van der Waals surface area contributed by atoms with E-state index in [9.17, 15) is 4.79 Å². The summed E-state index contributed by atoms with van der Waals surface area (Å²) in [5.74, 6) is 0. The van der Waals surface area contributed by atoms with E-state index >= 15 is 0 Å². The van der Waals surface area contributed by atoms with E-state index in [0.29, 0.717) is 6.04 Å². The van der Waals surface area contributed by atoms with Crippen molar-refractivity contribution in [2.45, 2.75) is 71.1 Å². The van der Waals surface area contributed by atoms with Crippen molar-refractivity contribution in [3.05, 3.63) is 0 Å². The van der Waals surface area contributed by atoms with Crippen LogP contribution in [0, 0.1) is 0 Å². The molecular formula is C13H26N2O2. The molecule has 2 atom stereocenters. The van der Waals surface area contributed by atoms with Crippen molar-refractivity contribution in [2.24, 2.45) is 0 Å². The molecule has 4 nitrogen and oxygen atoms in total. The molecule has 1 saturated carbocycles. The van der Waals surface area contributed by atoms with Crippen LogP contribution in [0.3, 0.4) is 0 Å². The minimum absolute atomic E-state index is 0.207. The van der Waals surface area contributed by atoms with E-state index in [4.69, 9.17) is 4.74 Å². The fourth-order valence-corrected chi connectivity index (χ4v) is 2.27. The van der Waals surface area contributed by atoms with Gasteiger partial charge in [0.05, 0.1) is 0 Å². The largest absolute Gasteiger partial charge is 0.444 e. The fourth-order valence-electron chi connectivity index (χ4n) is 2.27. The number of carbonyl (C=O) groups is 1. The Morgan fingerprint density at radius 1 is 1.24 bits per heavy atom. The maximum Gasteiger partial charge on any atom is 0.407 e. The predicted molar refractivity (Wildman–Crippen MR) is 69.1 cm³/mol. The van der Waals surface area contributed by atoms with Crippen LogP contribution in [-0.2, 0) is 4.74 Å². The second kappa shape index (κ2) is 6.24. The molecule has 1 rings (SSSR count). The van der Waals surface area contributed by atoms with Crippen molar-refractivity contribution in [1.82, 2.24) is 10.6 Å². The van der Waals surface area contributed by atoms with E-state index in [2.05, 4.69) is 17.6 Å². The first-order valence-electron chi connectivity index (χ1n) is 6.65. The Labute approximate surface area is 104 Å². The molecule has 0 spiro atoms. The van der Waals surface area contributed by atoms with Crippen LogP contribution in [0.15, 0.2) is 0 Å². The van der Waals surface area contributed by atoms with Gasteiger partial charge < -0.3 is 15.4 Å². The summed E-state index contributed by atoms with van der Waals surface area (Å²) in [6.07, 6.45) is 4.30. The standard InChI is InChI=1S/C13H26N2O2/c1-5-14-10-8-6-7-9-11(10)15-12(16)17-13(2,3)4/h10-11,14H,5-9H2,1-4H3,(H,15,16)/t10-,11-/m0/s1. The molecule has 0 bridgehead atoms. The lowest BCUT2D eigenvalue weighted by Crippen LogP contribution is -2.52. The van der Waals surface area contributed by atoms with Gasteiger partial charge in [-0.2, -0.15) is 0 Å². The molecule has 1 fully saturated rings. The molecule has 0 radical (unpaired) electrons. The van der Waals surface area contributed by atoms with Crippen molar-refractivity contribution in [2.75, 3.05) is 6.54 Å². The van der Waals surface area contributed by atoms with Crippen LogP contribution in [0.2, 0.25) is 0 Å². The molecule has 1 aliphatic carbocycles. The highest BCUT2D eigenvalue weighted by Crippen LogP contribution is 2.19. The number of nitrogens with one attached hydrogen (secondary N) is 2. The van der Waals surface area contributed by atoms with E-state index in [1.807, 2.05) is 20.8 Å². The minimum Gasteiger partial charge on any atom is -0.444 e. The van der Waals surface area contributed by atoms with E-state index in [1.54, 1.807) is 0 Å². The summed E-state index contributed by atoms with van der Waals surface area (Å²) in [5, 5.41) is 6.42. The number of rotatable bonds is 3. The Bertz CT molecular complexity index is 246. The van der Waals surface area contributed by atoms with E-state index < -0.39 is 5.60 Å². The summed E-state index contributed by atoms with van der Waals surface area (Å²) in [6.45, 7) is 8.69. The summed E-state index contributed by atoms with van der Waals surface area (Å²) < 4.78 is 5.29. The third-order valence-corrected chi connectivity index (χ3v) is 2.93. The van der Waals surface area contributed by atoms with Crippen molar-refractivity contribution >= 4 is 6.09 Å². The summed E-state index contributed by atoms with van der Waals surface area (Å²) in [7, 11) is 0. The highest BCUT2D eigenvalue weighted by molar-refractivity contribution is 5.68. The van der Waals surface area contributed by atoms with Gasteiger partial charge in [-0.1, -0.05) is 19.8 Å². The van der Waals surface area contributed by atoms with Gasteiger partial charge in [0.25, 0.3) is 0 Å². The molecule has 2 N–H and O–H groups in total.